The lowest BCUT2D eigenvalue weighted by molar-refractivity contribution is 0.211. The lowest BCUT2D eigenvalue weighted by Crippen LogP contribution is -2.42. The van der Waals surface area contributed by atoms with Crippen molar-refractivity contribution in [3.63, 3.8) is 0 Å². The maximum Gasteiger partial charge on any atom is 0.0208 e. The lowest BCUT2D eigenvalue weighted by Gasteiger charge is -2.32. The van der Waals surface area contributed by atoms with E-state index < -0.39 is 0 Å². The molecule has 20 heavy (non-hydrogen) atoms. The van der Waals surface area contributed by atoms with Gasteiger partial charge in [-0.25, -0.2) is 0 Å². The summed E-state index contributed by atoms with van der Waals surface area (Å²) in [5.41, 5.74) is 2.65. The van der Waals surface area contributed by atoms with E-state index in [4.69, 9.17) is 0 Å². The van der Waals surface area contributed by atoms with Gasteiger partial charge in [-0.3, -0.25) is 4.90 Å². The van der Waals surface area contributed by atoms with Crippen LogP contribution in [0.15, 0.2) is 41.3 Å². The first-order valence-electron chi connectivity index (χ1n) is 7.40. The maximum atomic E-state index is 4.00. The van der Waals surface area contributed by atoms with Crippen molar-refractivity contribution >= 4 is 11.8 Å². The number of thioether (sulfide) groups is 1. The minimum Gasteiger partial charge on any atom is -0.310 e. The van der Waals surface area contributed by atoms with Crippen molar-refractivity contribution in [1.29, 1.82) is 0 Å². The monoisotopic (exact) mass is 290 g/mol. The number of benzene rings is 1. The molecule has 0 aromatic heterocycles. The maximum absolute atomic E-state index is 4.00. The molecule has 110 valence electrons. The fourth-order valence-electron chi connectivity index (χ4n) is 2.68. The lowest BCUT2D eigenvalue weighted by atomic mass is 10.0. The molecule has 1 aromatic rings. The minimum absolute atomic E-state index is 0.664. The number of likely N-dealkylation sites (tertiary alicyclic amines) is 1. The average molecular weight is 290 g/mol. The van der Waals surface area contributed by atoms with Gasteiger partial charge >= 0.3 is 0 Å². The van der Waals surface area contributed by atoms with Crippen LogP contribution in [-0.4, -0.2) is 36.8 Å². The number of nitrogens with one attached hydrogen (secondary N) is 1. The molecular formula is C17H26N2S. The Morgan fingerprint density at radius 2 is 1.95 bits per heavy atom. The van der Waals surface area contributed by atoms with E-state index in [-0.39, 0.29) is 0 Å². The Hall–Kier alpha value is -0.770. The zero-order valence-corrected chi connectivity index (χ0v) is 13.5. The van der Waals surface area contributed by atoms with Crippen LogP contribution in [0.1, 0.15) is 25.3 Å². The van der Waals surface area contributed by atoms with Crippen molar-refractivity contribution in [1.82, 2.24) is 10.2 Å². The molecule has 0 saturated carbocycles. The highest BCUT2D eigenvalue weighted by atomic mass is 32.2. The molecule has 1 fully saturated rings. The highest BCUT2D eigenvalue weighted by Gasteiger charge is 2.18. The zero-order valence-electron chi connectivity index (χ0n) is 12.7. The van der Waals surface area contributed by atoms with Crippen LogP contribution in [0.2, 0.25) is 0 Å². The third-order valence-electron chi connectivity index (χ3n) is 3.84. The minimum atomic E-state index is 0.664. The van der Waals surface area contributed by atoms with Crippen LogP contribution < -0.4 is 5.32 Å². The Morgan fingerprint density at radius 3 is 2.50 bits per heavy atom. The summed E-state index contributed by atoms with van der Waals surface area (Å²) in [7, 11) is 0. The summed E-state index contributed by atoms with van der Waals surface area (Å²) in [5.74, 6) is 0. The zero-order chi connectivity index (χ0) is 14.4. The molecule has 2 nitrogen and oxygen atoms in total. The first-order chi connectivity index (χ1) is 9.67. The second kappa shape index (κ2) is 7.87. The normalized spacial score (nSPS) is 17.3. The van der Waals surface area contributed by atoms with Crippen molar-refractivity contribution in [2.75, 3.05) is 25.9 Å². The molecule has 0 unspecified atom stereocenters. The van der Waals surface area contributed by atoms with E-state index >= 15 is 0 Å². The van der Waals surface area contributed by atoms with E-state index in [1.54, 1.807) is 11.8 Å². The van der Waals surface area contributed by atoms with Gasteiger partial charge in [-0.2, -0.15) is 0 Å². The van der Waals surface area contributed by atoms with Gasteiger partial charge < -0.3 is 5.32 Å². The number of hydrogen-bond acceptors (Lipinski definition) is 3. The highest BCUT2D eigenvalue weighted by molar-refractivity contribution is 7.98. The quantitative estimate of drug-likeness (QED) is 0.637. The molecule has 1 saturated heterocycles. The SMILES string of the molecule is C=C(C)CN1CCC(NCc2ccc(SC)cc2)CC1. The number of rotatable bonds is 6. The molecule has 0 bridgehead atoms. The Morgan fingerprint density at radius 1 is 1.30 bits per heavy atom. The molecule has 2 rings (SSSR count). The largest absolute Gasteiger partial charge is 0.310 e. The molecule has 0 radical (unpaired) electrons. The Kier molecular flexibility index (Phi) is 6.14. The highest BCUT2D eigenvalue weighted by Crippen LogP contribution is 2.16. The Balaban J connectivity index is 1.71. The summed E-state index contributed by atoms with van der Waals surface area (Å²) < 4.78 is 0. The van der Waals surface area contributed by atoms with E-state index in [9.17, 15) is 0 Å². The van der Waals surface area contributed by atoms with Crippen molar-refractivity contribution in [2.24, 2.45) is 0 Å². The van der Waals surface area contributed by atoms with Crippen LogP contribution in [0, 0.1) is 0 Å². The molecular weight excluding hydrogens is 264 g/mol. The smallest absolute Gasteiger partial charge is 0.0208 e. The molecule has 1 aliphatic heterocycles. The predicted octanol–water partition coefficient (Wildman–Crippen LogP) is 3.54. The van der Waals surface area contributed by atoms with Gasteiger partial charge in [-0.15, -0.1) is 11.8 Å². The third-order valence-corrected chi connectivity index (χ3v) is 4.58. The van der Waals surface area contributed by atoms with Crippen molar-refractivity contribution in [3.05, 3.63) is 42.0 Å². The fraction of sp³-hybridized carbons (Fsp3) is 0.529. The fourth-order valence-corrected chi connectivity index (χ4v) is 3.09. The predicted molar refractivity (Wildman–Crippen MR) is 89.3 cm³/mol. The summed E-state index contributed by atoms with van der Waals surface area (Å²) in [4.78, 5) is 3.84. The van der Waals surface area contributed by atoms with E-state index in [0.29, 0.717) is 6.04 Å². The summed E-state index contributed by atoms with van der Waals surface area (Å²) in [6.45, 7) is 10.5. The molecule has 0 atom stereocenters. The van der Waals surface area contributed by atoms with E-state index in [1.807, 2.05) is 0 Å². The van der Waals surface area contributed by atoms with Gasteiger partial charge in [0.25, 0.3) is 0 Å². The van der Waals surface area contributed by atoms with Gasteiger partial charge in [-0.1, -0.05) is 24.3 Å². The summed E-state index contributed by atoms with van der Waals surface area (Å²) in [6.07, 6.45) is 4.61. The van der Waals surface area contributed by atoms with Crippen LogP contribution in [0.4, 0.5) is 0 Å². The van der Waals surface area contributed by atoms with Gasteiger partial charge in [0.1, 0.15) is 0 Å². The van der Waals surface area contributed by atoms with Gasteiger partial charge in [-0.05, 0) is 56.8 Å². The average Bonchev–Trinajstić information content (AvgIpc) is 2.46. The topological polar surface area (TPSA) is 15.3 Å². The van der Waals surface area contributed by atoms with Crippen LogP contribution in [0.3, 0.4) is 0 Å². The van der Waals surface area contributed by atoms with Gasteiger partial charge in [0.15, 0.2) is 0 Å². The molecule has 3 heteroatoms. The summed E-state index contributed by atoms with van der Waals surface area (Å²) >= 11 is 1.80. The van der Waals surface area contributed by atoms with E-state index in [2.05, 4.69) is 54.2 Å². The standard InChI is InChI=1S/C17H26N2S/c1-14(2)13-19-10-8-16(9-11-19)18-12-15-4-6-17(20-3)7-5-15/h4-7,16,18H,1,8-13H2,2-3H3. The van der Waals surface area contributed by atoms with Crippen LogP contribution >= 0.6 is 11.8 Å². The van der Waals surface area contributed by atoms with Crippen molar-refractivity contribution in [3.8, 4) is 0 Å². The first kappa shape index (κ1) is 15.6. The number of piperidine rings is 1. The second-order valence-electron chi connectivity index (χ2n) is 5.74. The number of nitrogens with zero attached hydrogens (tertiary/aromatic N) is 1. The molecule has 1 heterocycles. The Labute approximate surface area is 127 Å². The van der Waals surface area contributed by atoms with Gasteiger partial charge in [0.05, 0.1) is 0 Å². The molecule has 1 aliphatic rings. The van der Waals surface area contributed by atoms with E-state index in [0.717, 1.165) is 13.1 Å². The molecule has 1 N–H and O–H groups in total. The van der Waals surface area contributed by atoms with Crippen LogP contribution in [0.5, 0.6) is 0 Å². The number of hydrogen-bond donors (Lipinski definition) is 1. The third kappa shape index (κ3) is 4.97. The van der Waals surface area contributed by atoms with Gasteiger partial charge in [0, 0.05) is 24.0 Å². The second-order valence-corrected chi connectivity index (χ2v) is 6.62. The van der Waals surface area contributed by atoms with E-state index in [1.165, 1.54) is 42.0 Å². The Bertz CT molecular complexity index is 419. The molecule has 0 spiro atoms. The van der Waals surface area contributed by atoms with Crippen molar-refractivity contribution < 1.29 is 0 Å². The molecule has 1 aromatic carbocycles. The van der Waals surface area contributed by atoms with Crippen LogP contribution in [0.25, 0.3) is 0 Å². The molecule has 0 amide bonds. The van der Waals surface area contributed by atoms with Crippen LogP contribution in [-0.2, 0) is 6.54 Å². The molecule has 0 aliphatic carbocycles. The van der Waals surface area contributed by atoms with Gasteiger partial charge in [0.2, 0.25) is 0 Å². The van der Waals surface area contributed by atoms with Crippen molar-refractivity contribution in [2.45, 2.75) is 37.2 Å². The summed E-state index contributed by atoms with van der Waals surface area (Å²) in [5, 5.41) is 3.69. The summed E-state index contributed by atoms with van der Waals surface area (Å²) in [6, 6.07) is 9.54. The first-order valence-corrected chi connectivity index (χ1v) is 8.63.